The number of aromatic nitrogens is 2. The Hall–Kier alpha value is -3.81. The Morgan fingerprint density at radius 3 is 2.38 bits per heavy atom. The number of aryl methyl sites for hydroxylation is 1. The largest absolute Gasteiger partial charge is 0.455 e. The maximum absolute atomic E-state index is 12.7. The summed E-state index contributed by atoms with van der Waals surface area (Å²) in [7, 11) is 4.09. The number of carbonyl (C=O) groups excluding carboxylic acids is 1. The van der Waals surface area contributed by atoms with E-state index in [0.29, 0.717) is 17.4 Å². The number of ether oxygens (including phenoxy) is 1. The van der Waals surface area contributed by atoms with Crippen molar-refractivity contribution in [1.29, 1.82) is 0 Å². The molecule has 5 rings (SSSR count). The fourth-order valence-corrected chi connectivity index (χ4v) is 5.52. The van der Waals surface area contributed by atoms with Gasteiger partial charge in [-0.3, -0.25) is 4.90 Å². The third kappa shape index (κ3) is 5.63. The molecule has 194 valence electrons. The number of hydrogen-bond donors (Lipinski definition) is 2. The number of urea groups is 1. The third-order valence-corrected chi connectivity index (χ3v) is 7.31. The molecule has 0 bridgehead atoms. The predicted octanol–water partition coefficient (Wildman–Crippen LogP) is 5.52. The average molecular weight is 501 g/mol. The van der Waals surface area contributed by atoms with E-state index in [1.54, 1.807) is 4.90 Å². The standard InChI is InChI=1S/C29H36N6O2/c1-34(2)27-23-12-6-7-13-24(23)32-29(33-27)31-20-16-18-21(19-17-20)35(28(30)36)25-14-8-9-15-26(25)37-22-10-4-3-5-11-22/h3-5,8-11,14-15,20-21H,6-7,12-13,16-19H2,1-2H3,(H2,30,36)(H,31,32,33)/t20-,21+. The van der Waals surface area contributed by atoms with Crippen LogP contribution in [-0.4, -0.2) is 42.2 Å². The lowest BCUT2D eigenvalue weighted by Crippen LogP contribution is -2.47. The van der Waals surface area contributed by atoms with Crippen molar-refractivity contribution in [3.05, 3.63) is 65.9 Å². The van der Waals surface area contributed by atoms with Crippen LogP contribution in [0.2, 0.25) is 0 Å². The first-order valence-corrected chi connectivity index (χ1v) is 13.2. The summed E-state index contributed by atoms with van der Waals surface area (Å²) < 4.78 is 6.13. The van der Waals surface area contributed by atoms with Crippen LogP contribution in [0.3, 0.4) is 0 Å². The third-order valence-electron chi connectivity index (χ3n) is 7.31. The lowest BCUT2D eigenvalue weighted by atomic mass is 9.90. The number of fused-ring (bicyclic) bond motifs is 1. The number of nitrogens with two attached hydrogens (primary N) is 1. The van der Waals surface area contributed by atoms with Gasteiger partial charge in [-0.05, 0) is 75.6 Å². The van der Waals surface area contributed by atoms with E-state index in [4.69, 9.17) is 20.4 Å². The van der Waals surface area contributed by atoms with Crippen molar-refractivity contribution < 1.29 is 9.53 Å². The minimum atomic E-state index is -0.464. The van der Waals surface area contributed by atoms with Crippen LogP contribution in [0.4, 0.5) is 22.2 Å². The normalized spacial score (nSPS) is 19.0. The van der Waals surface area contributed by atoms with Gasteiger partial charge in [-0.2, -0.15) is 4.98 Å². The summed E-state index contributed by atoms with van der Waals surface area (Å²) in [6, 6.07) is 17.0. The van der Waals surface area contributed by atoms with Crippen LogP contribution >= 0.6 is 0 Å². The highest BCUT2D eigenvalue weighted by Crippen LogP contribution is 2.37. The van der Waals surface area contributed by atoms with Gasteiger partial charge < -0.3 is 20.7 Å². The monoisotopic (exact) mass is 500 g/mol. The number of nitrogens with zero attached hydrogens (tertiary/aromatic N) is 4. The molecular formula is C29H36N6O2. The molecule has 8 nitrogen and oxygen atoms in total. The Balaban J connectivity index is 1.29. The number of carbonyl (C=O) groups is 1. The molecule has 1 fully saturated rings. The molecular weight excluding hydrogens is 464 g/mol. The van der Waals surface area contributed by atoms with Gasteiger partial charge in [0.2, 0.25) is 5.95 Å². The van der Waals surface area contributed by atoms with E-state index >= 15 is 0 Å². The highest BCUT2D eigenvalue weighted by molar-refractivity contribution is 5.93. The summed E-state index contributed by atoms with van der Waals surface area (Å²) in [4.78, 5) is 26.2. The number of primary amides is 1. The summed E-state index contributed by atoms with van der Waals surface area (Å²) in [5.41, 5.74) is 9.09. The lowest BCUT2D eigenvalue weighted by molar-refractivity contribution is 0.248. The number of benzene rings is 2. The van der Waals surface area contributed by atoms with Gasteiger partial charge >= 0.3 is 6.03 Å². The number of anilines is 3. The second kappa shape index (κ2) is 11.1. The lowest BCUT2D eigenvalue weighted by Gasteiger charge is -2.37. The molecule has 3 N–H and O–H groups in total. The zero-order valence-corrected chi connectivity index (χ0v) is 21.7. The van der Waals surface area contributed by atoms with Crippen LogP contribution in [0.1, 0.15) is 49.8 Å². The van der Waals surface area contributed by atoms with E-state index in [0.717, 1.165) is 50.1 Å². The molecule has 1 aromatic heterocycles. The molecule has 0 radical (unpaired) electrons. The van der Waals surface area contributed by atoms with Crippen LogP contribution in [0.5, 0.6) is 11.5 Å². The first-order chi connectivity index (χ1) is 18.0. The van der Waals surface area contributed by atoms with E-state index in [1.165, 1.54) is 24.1 Å². The van der Waals surface area contributed by atoms with Crippen molar-refractivity contribution in [2.75, 3.05) is 29.2 Å². The fraction of sp³-hybridized carbons (Fsp3) is 0.414. The molecule has 0 atom stereocenters. The van der Waals surface area contributed by atoms with Gasteiger partial charge in [0.15, 0.2) is 5.75 Å². The molecule has 3 aromatic rings. The Morgan fingerprint density at radius 2 is 1.65 bits per heavy atom. The zero-order chi connectivity index (χ0) is 25.8. The van der Waals surface area contributed by atoms with Gasteiger partial charge in [0, 0.05) is 31.7 Å². The quantitative estimate of drug-likeness (QED) is 0.443. The smallest absolute Gasteiger partial charge is 0.319 e. The molecule has 37 heavy (non-hydrogen) atoms. The summed E-state index contributed by atoms with van der Waals surface area (Å²) in [5.74, 6) is 3.07. The van der Waals surface area contributed by atoms with Crippen molar-refractivity contribution in [2.45, 2.75) is 63.5 Å². The molecule has 1 saturated carbocycles. The van der Waals surface area contributed by atoms with Crippen molar-refractivity contribution >= 4 is 23.5 Å². The molecule has 2 aromatic carbocycles. The van der Waals surface area contributed by atoms with E-state index in [-0.39, 0.29) is 12.1 Å². The molecule has 8 heteroatoms. The van der Waals surface area contributed by atoms with Gasteiger partial charge in [0.1, 0.15) is 11.6 Å². The SMILES string of the molecule is CN(C)c1nc(N[C@H]2CC[C@@H](N(C(N)=O)c3ccccc3Oc3ccccc3)CC2)nc2c1CCCC2. The molecule has 1 heterocycles. The van der Waals surface area contributed by atoms with Crippen LogP contribution in [0.25, 0.3) is 0 Å². The van der Waals surface area contributed by atoms with E-state index in [2.05, 4.69) is 10.2 Å². The topological polar surface area (TPSA) is 96.6 Å². The van der Waals surface area contributed by atoms with Crippen molar-refractivity contribution in [3.8, 4) is 11.5 Å². The molecule has 0 saturated heterocycles. The number of amides is 2. The van der Waals surface area contributed by atoms with Gasteiger partial charge in [-0.1, -0.05) is 30.3 Å². The molecule has 2 amide bonds. The zero-order valence-electron chi connectivity index (χ0n) is 21.7. The predicted molar refractivity (Wildman–Crippen MR) is 148 cm³/mol. The van der Waals surface area contributed by atoms with E-state index in [9.17, 15) is 4.79 Å². The Morgan fingerprint density at radius 1 is 0.946 bits per heavy atom. The Labute approximate surface area is 218 Å². The Bertz CT molecular complexity index is 1220. The minimum Gasteiger partial charge on any atom is -0.455 e. The molecule has 0 unspecified atom stereocenters. The second-order valence-electron chi connectivity index (χ2n) is 10.1. The molecule has 2 aliphatic rings. The van der Waals surface area contributed by atoms with Crippen LogP contribution in [-0.2, 0) is 12.8 Å². The number of hydrogen-bond acceptors (Lipinski definition) is 6. The van der Waals surface area contributed by atoms with E-state index < -0.39 is 6.03 Å². The van der Waals surface area contributed by atoms with Gasteiger partial charge in [-0.25, -0.2) is 9.78 Å². The van der Waals surface area contributed by atoms with E-state index in [1.807, 2.05) is 68.7 Å². The minimum absolute atomic E-state index is 0.00198. The number of para-hydroxylation sites is 3. The van der Waals surface area contributed by atoms with Gasteiger partial charge in [-0.15, -0.1) is 0 Å². The summed E-state index contributed by atoms with van der Waals surface area (Å²) >= 11 is 0. The fourth-order valence-electron chi connectivity index (χ4n) is 5.52. The summed E-state index contributed by atoms with van der Waals surface area (Å²) in [6.45, 7) is 0. The first-order valence-electron chi connectivity index (χ1n) is 13.2. The molecule has 0 aliphatic heterocycles. The average Bonchev–Trinajstić information content (AvgIpc) is 2.91. The van der Waals surface area contributed by atoms with Gasteiger partial charge in [0.25, 0.3) is 0 Å². The molecule has 2 aliphatic carbocycles. The summed E-state index contributed by atoms with van der Waals surface area (Å²) in [5, 5.41) is 3.59. The van der Waals surface area contributed by atoms with Crippen molar-refractivity contribution in [1.82, 2.24) is 9.97 Å². The van der Waals surface area contributed by atoms with Crippen LogP contribution < -0.4 is 25.6 Å². The maximum Gasteiger partial charge on any atom is 0.319 e. The van der Waals surface area contributed by atoms with Gasteiger partial charge in [0.05, 0.1) is 11.4 Å². The number of rotatable bonds is 7. The highest BCUT2D eigenvalue weighted by Gasteiger charge is 2.31. The van der Waals surface area contributed by atoms with Crippen LogP contribution in [0, 0.1) is 0 Å². The first kappa shape index (κ1) is 24.9. The highest BCUT2D eigenvalue weighted by atomic mass is 16.5. The Kier molecular flexibility index (Phi) is 7.44. The molecule has 0 spiro atoms. The second-order valence-corrected chi connectivity index (χ2v) is 10.1. The maximum atomic E-state index is 12.7. The number of nitrogens with one attached hydrogen (secondary N) is 1. The van der Waals surface area contributed by atoms with Crippen molar-refractivity contribution in [2.24, 2.45) is 5.73 Å². The summed E-state index contributed by atoms with van der Waals surface area (Å²) in [6.07, 6.45) is 7.88. The van der Waals surface area contributed by atoms with Crippen LogP contribution in [0.15, 0.2) is 54.6 Å². The van der Waals surface area contributed by atoms with Crippen molar-refractivity contribution in [3.63, 3.8) is 0 Å².